The number of unbranched alkanes of at least 4 members (excludes halogenated alkanes) is 1. The van der Waals surface area contributed by atoms with E-state index in [-0.39, 0.29) is 63.1 Å². The summed E-state index contributed by atoms with van der Waals surface area (Å²) < 4.78 is 1.20. The number of carbonyl (C=O) groups excluding carboxylic acids is 7. The van der Waals surface area contributed by atoms with Crippen molar-refractivity contribution in [3.8, 4) is 0 Å². The second kappa shape index (κ2) is 30.0. The smallest absolute Gasteiger partial charge is 0.326 e. The number of para-hydroxylation sites is 1. The van der Waals surface area contributed by atoms with E-state index in [0.29, 0.717) is 42.0 Å². The lowest BCUT2D eigenvalue weighted by molar-refractivity contribution is -0.142. The average molecular weight is 1110 g/mol. The maximum absolute atomic E-state index is 14.9. The normalized spacial score (nSPS) is 20.5. The number of thioether (sulfide) groups is 1. The summed E-state index contributed by atoms with van der Waals surface area (Å²) in [7, 11) is 0. The molecule has 4 heterocycles. The molecule has 0 spiro atoms. The number of benzene rings is 2. The summed E-state index contributed by atoms with van der Waals surface area (Å²) in [5, 5.41) is 38.3. The predicted octanol–water partition coefficient (Wildman–Crippen LogP) is -2.49. The van der Waals surface area contributed by atoms with Crippen LogP contribution in [0.4, 0.5) is 0 Å². The van der Waals surface area contributed by atoms with E-state index >= 15 is 0 Å². The number of hydrogen-bond acceptors (Lipinski definition) is 15. The van der Waals surface area contributed by atoms with Gasteiger partial charge in [-0.05, 0) is 67.9 Å². The summed E-state index contributed by atoms with van der Waals surface area (Å²) >= 11 is 1.37. The van der Waals surface area contributed by atoms with Crippen LogP contribution in [0.15, 0.2) is 84.5 Å². The van der Waals surface area contributed by atoms with E-state index in [1.807, 2.05) is 18.2 Å². The van der Waals surface area contributed by atoms with Crippen LogP contribution < -0.4 is 60.2 Å². The fourth-order valence-electron chi connectivity index (χ4n) is 8.75. The Morgan fingerprint density at radius 3 is 2.19 bits per heavy atom. The highest BCUT2D eigenvalue weighted by molar-refractivity contribution is 7.98. The van der Waals surface area contributed by atoms with E-state index in [0.717, 1.165) is 10.9 Å². The van der Waals surface area contributed by atoms with Crippen LogP contribution in [-0.2, 0) is 70.6 Å². The number of fused-ring (bicyclic) bond motifs is 3. The second-order valence-corrected chi connectivity index (χ2v) is 20.0. The molecule has 2 bridgehead atoms. The maximum Gasteiger partial charge on any atom is 0.326 e. The molecule has 7 amide bonds. The molecule has 79 heavy (non-hydrogen) atoms. The zero-order chi connectivity index (χ0) is 56.8. The summed E-state index contributed by atoms with van der Waals surface area (Å²) in [5.41, 5.74) is 25.6. The Morgan fingerprint density at radius 2 is 1.49 bits per heavy atom. The average Bonchev–Trinajstić information content (AvgIpc) is 4.23. The molecular formula is C51H70N18O9S. The third kappa shape index (κ3) is 18.4. The van der Waals surface area contributed by atoms with Crippen molar-refractivity contribution in [2.24, 2.45) is 27.9 Å². The van der Waals surface area contributed by atoms with Gasteiger partial charge in [-0.3, -0.25) is 38.6 Å². The van der Waals surface area contributed by atoms with E-state index in [9.17, 15) is 43.5 Å². The Hall–Kier alpha value is -8.37. The molecule has 6 rings (SSSR count). The fourth-order valence-corrected chi connectivity index (χ4v) is 9.22. The lowest BCUT2D eigenvalue weighted by Gasteiger charge is -2.28. The van der Waals surface area contributed by atoms with Crippen LogP contribution in [-0.4, -0.2) is 162 Å². The van der Waals surface area contributed by atoms with Crippen LogP contribution >= 0.6 is 11.8 Å². The van der Waals surface area contributed by atoms with Gasteiger partial charge in [-0.25, -0.2) is 14.5 Å². The number of amides is 7. The number of imidazole rings is 1. The fraction of sp³-hybridized carbons (Fsp3) is 0.451. The number of aromatic amines is 2. The highest BCUT2D eigenvalue weighted by atomic mass is 32.2. The number of carboxylic acids is 1. The molecule has 1 aliphatic rings. The minimum atomic E-state index is -1.55. The maximum atomic E-state index is 14.9. The standard InChI is InChI=1S/C51H70N18O9S/c1-79-19-16-37(50(77)78)61-47(74)41-23-32-26-69(68-67-32)27-42(66-43(70)34(53)13-7-8-17-52)49(76)65-40(22-31-25-56-28-59-31)48(75)62-38(20-29-10-3-2-4-11-29)45(72)60-36(15-9-18-57-51(54)55)44(71)63-39(46(73)64-41)21-30-24-58-35-14-6-5-12-33(30)35/h2-6,10-12,14,24-26,28,34,36-42,58H,7-9,13,15-23,27,52-53H2,1H3,(H,56,59)(H,60,72)(H,61,74)(H,62,75)(H,63,71)(H,64,73)(H,65,76)(H,66,70)(H,77,78)(H4,54,55,57)/t34-,36-,37-,38-,39-,40-,41-,42-/m0/s1. The number of aliphatic carboxylic acids is 1. The molecule has 18 N–H and O–H groups in total. The summed E-state index contributed by atoms with van der Waals surface area (Å²) in [6.45, 7) is 0.00543. The zero-order valence-electron chi connectivity index (χ0n) is 43.7. The first-order valence-electron chi connectivity index (χ1n) is 25.8. The number of nitrogens with one attached hydrogen (secondary N) is 9. The molecule has 1 aliphatic heterocycles. The molecule has 2 aromatic carbocycles. The van der Waals surface area contributed by atoms with Crippen LogP contribution in [0.5, 0.6) is 0 Å². The molecule has 0 radical (unpaired) electrons. The Labute approximate surface area is 459 Å². The van der Waals surface area contributed by atoms with E-state index in [4.69, 9.17) is 22.9 Å². The number of H-pyrrole nitrogens is 2. The van der Waals surface area contributed by atoms with Crippen LogP contribution in [0.25, 0.3) is 10.9 Å². The molecule has 28 heteroatoms. The number of rotatable bonds is 22. The number of guanidine groups is 1. The second-order valence-electron chi connectivity index (χ2n) is 19.1. The van der Waals surface area contributed by atoms with Gasteiger partial charge in [-0.2, -0.15) is 11.8 Å². The molecule has 0 unspecified atom stereocenters. The minimum absolute atomic E-state index is 0.0382. The van der Waals surface area contributed by atoms with Gasteiger partial charge in [0, 0.05) is 67.4 Å². The van der Waals surface area contributed by atoms with Crippen molar-refractivity contribution in [1.29, 1.82) is 0 Å². The van der Waals surface area contributed by atoms with Crippen LogP contribution in [0.3, 0.4) is 0 Å². The van der Waals surface area contributed by atoms with Crippen molar-refractivity contribution >= 4 is 75.9 Å². The third-order valence-corrected chi connectivity index (χ3v) is 13.6. The first-order chi connectivity index (χ1) is 38.0. The monoisotopic (exact) mass is 1110 g/mol. The zero-order valence-corrected chi connectivity index (χ0v) is 44.5. The number of aliphatic imine (C=N–C) groups is 1. The number of nitrogens with two attached hydrogens (primary N) is 4. The Bertz CT molecular complexity index is 2880. The van der Waals surface area contributed by atoms with E-state index in [1.165, 1.54) is 35.2 Å². The van der Waals surface area contributed by atoms with Crippen LogP contribution in [0.1, 0.15) is 61.0 Å². The van der Waals surface area contributed by atoms with Gasteiger partial charge < -0.3 is 75.2 Å². The van der Waals surface area contributed by atoms with Gasteiger partial charge in [0.05, 0.1) is 24.6 Å². The first kappa shape index (κ1) is 59.9. The molecule has 0 fully saturated rings. The summed E-state index contributed by atoms with van der Waals surface area (Å²) in [4.78, 5) is 128. The van der Waals surface area contributed by atoms with Gasteiger partial charge in [0.1, 0.15) is 42.3 Å². The lowest BCUT2D eigenvalue weighted by Crippen LogP contribution is -2.61. The van der Waals surface area contributed by atoms with Crippen molar-refractivity contribution < 1.29 is 43.5 Å². The van der Waals surface area contributed by atoms with E-state index in [2.05, 4.69) is 67.5 Å². The molecule has 0 aliphatic carbocycles. The van der Waals surface area contributed by atoms with Crippen molar-refractivity contribution in [3.05, 3.63) is 102 Å². The molecular weight excluding hydrogens is 1040 g/mol. The van der Waals surface area contributed by atoms with Crippen molar-refractivity contribution in [1.82, 2.24) is 67.2 Å². The van der Waals surface area contributed by atoms with Gasteiger partial charge in [-0.15, -0.1) is 5.10 Å². The highest BCUT2D eigenvalue weighted by Crippen LogP contribution is 2.20. The van der Waals surface area contributed by atoms with Gasteiger partial charge in [0.25, 0.3) is 0 Å². The van der Waals surface area contributed by atoms with Gasteiger partial charge in [0.2, 0.25) is 41.4 Å². The topological polar surface area (TPSA) is 433 Å². The summed E-state index contributed by atoms with van der Waals surface area (Å²) in [6.07, 6.45) is 8.24. The number of nitrogens with zero attached hydrogens (tertiary/aromatic N) is 5. The molecule has 8 atom stereocenters. The van der Waals surface area contributed by atoms with Gasteiger partial charge in [0.15, 0.2) is 5.96 Å². The van der Waals surface area contributed by atoms with Crippen molar-refractivity contribution in [2.75, 3.05) is 25.1 Å². The number of carboxylic acid groups (broad SMARTS) is 1. The SMILES string of the molecule is CSCC[C@H](NC(=O)[C@@H]1Cc2cn(nn2)C[C@H](NC(=O)[C@@H](N)CCCCN)C(=O)N[C@@H](Cc2cnc[nH]2)C(=O)N[C@@H](Cc2ccccc2)C(=O)N[C@@H](CCCN=C(N)N)C(=O)N[C@@H](Cc2c[nH]c3ccccc23)C(=O)N1)C(=O)O. The van der Waals surface area contributed by atoms with E-state index < -0.39 is 109 Å². The van der Waals surface area contributed by atoms with Gasteiger partial charge >= 0.3 is 5.97 Å². The van der Waals surface area contributed by atoms with E-state index in [1.54, 1.807) is 48.9 Å². The largest absolute Gasteiger partial charge is 0.480 e. The molecule has 3 aromatic heterocycles. The molecule has 27 nitrogen and oxygen atoms in total. The minimum Gasteiger partial charge on any atom is -0.480 e. The number of aromatic nitrogens is 6. The lowest BCUT2D eigenvalue weighted by atomic mass is 10.0. The van der Waals surface area contributed by atoms with Gasteiger partial charge in [-0.1, -0.05) is 60.2 Å². The third-order valence-electron chi connectivity index (χ3n) is 13.0. The van der Waals surface area contributed by atoms with Crippen LogP contribution in [0.2, 0.25) is 0 Å². The highest BCUT2D eigenvalue weighted by Gasteiger charge is 2.36. The summed E-state index contributed by atoms with van der Waals surface area (Å²) in [6, 6.07) is 4.83. The first-order valence-corrected chi connectivity index (χ1v) is 27.2. The molecule has 5 aromatic rings. The number of carbonyl (C=O) groups is 8. The molecule has 424 valence electrons. The predicted molar refractivity (Wildman–Crippen MR) is 293 cm³/mol. The molecule has 0 saturated heterocycles. The number of hydrogen-bond donors (Lipinski definition) is 14. The quantitative estimate of drug-likeness (QED) is 0.0194. The Morgan fingerprint density at radius 1 is 0.823 bits per heavy atom. The Kier molecular flexibility index (Phi) is 22.7. The van der Waals surface area contributed by atoms with Crippen molar-refractivity contribution in [3.63, 3.8) is 0 Å². The molecule has 0 saturated carbocycles. The summed E-state index contributed by atoms with van der Waals surface area (Å²) in [5.74, 6) is -7.01. The van der Waals surface area contributed by atoms with Crippen LogP contribution in [0, 0.1) is 0 Å². The van der Waals surface area contributed by atoms with Crippen molar-refractivity contribution in [2.45, 2.75) is 119 Å². The Balaban J connectivity index is 1.46.